The second-order valence-corrected chi connectivity index (χ2v) is 17.2. The van der Waals surface area contributed by atoms with E-state index in [9.17, 15) is 29.7 Å². The fourth-order valence-electron chi connectivity index (χ4n) is 9.43. The number of hydrogen-bond acceptors (Lipinski definition) is 12. The van der Waals surface area contributed by atoms with Crippen molar-refractivity contribution in [2.45, 2.75) is 167 Å². The van der Waals surface area contributed by atoms with Gasteiger partial charge in [0.25, 0.3) is 5.91 Å². The SMILES string of the molecule is CC[C@@H]1/C=C(\C)C[C@H](C)C[C@H](OC)[C@H]2O[C@@](O)(C(=N)C(=O)N3CCCC[C@H]3C(=O)O[C@H](/C(C)=C/C3CC[C@@H](O)[C@H](OC)C3)[C@H](C)[C@@H](O)CC1=O)[C@H](C)C[C@@H]2OC. The highest BCUT2D eigenvalue weighted by molar-refractivity contribution is 6.40. The van der Waals surface area contributed by atoms with Crippen LogP contribution in [0.1, 0.15) is 112 Å². The number of amides is 1. The van der Waals surface area contributed by atoms with Crippen LogP contribution in [0.25, 0.3) is 0 Å². The summed E-state index contributed by atoms with van der Waals surface area (Å²) in [6.07, 6.45) is 4.39. The quantitative estimate of drug-likeness (QED) is 0.212. The predicted molar refractivity (Wildman–Crippen MR) is 211 cm³/mol. The number of Topliss-reactive ketones (excluding diaryl/α,β-unsaturated/α-hetero) is 1. The maximum Gasteiger partial charge on any atom is 0.329 e. The Hall–Kier alpha value is -2.52. The van der Waals surface area contributed by atoms with Gasteiger partial charge in [-0.25, -0.2) is 4.79 Å². The number of hydrogen-bond donors (Lipinski definition) is 4. The molecule has 0 aromatic heterocycles. The molecule has 56 heavy (non-hydrogen) atoms. The molecule has 14 atom stereocenters. The van der Waals surface area contributed by atoms with Crippen molar-refractivity contribution < 1.29 is 53.4 Å². The molecular formula is C43H70N2O11. The Balaban J connectivity index is 1.76. The van der Waals surface area contributed by atoms with Crippen LogP contribution in [-0.4, -0.2) is 126 Å². The molecule has 13 heteroatoms. The molecule has 1 aliphatic carbocycles. The van der Waals surface area contributed by atoms with E-state index in [0.29, 0.717) is 63.4 Å². The summed E-state index contributed by atoms with van der Waals surface area (Å²) in [4.78, 5) is 43.7. The molecule has 0 radical (unpaired) electrons. The molecule has 3 aliphatic heterocycles. The van der Waals surface area contributed by atoms with E-state index in [1.54, 1.807) is 35.2 Å². The van der Waals surface area contributed by atoms with E-state index in [1.807, 2.05) is 32.9 Å². The number of cyclic esters (lactones) is 1. The molecule has 0 aromatic rings. The van der Waals surface area contributed by atoms with Crippen LogP contribution in [0, 0.1) is 35.0 Å². The van der Waals surface area contributed by atoms with Crippen molar-refractivity contribution >= 4 is 23.4 Å². The zero-order valence-electron chi connectivity index (χ0n) is 35.2. The minimum atomic E-state index is -2.28. The van der Waals surface area contributed by atoms with Gasteiger partial charge >= 0.3 is 5.97 Å². The first-order chi connectivity index (χ1) is 26.5. The van der Waals surface area contributed by atoms with Crippen molar-refractivity contribution in [1.82, 2.24) is 4.90 Å². The number of nitrogens with one attached hydrogen (secondary N) is 1. The average molecular weight is 791 g/mol. The third kappa shape index (κ3) is 10.7. The van der Waals surface area contributed by atoms with Crippen molar-refractivity contribution in [2.75, 3.05) is 27.9 Å². The summed E-state index contributed by atoms with van der Waals surface area (Å²) in [5, 5.41) is 43.4. The number of rotatable bonds is 6. The Morgan fingerprint density at radius 2 is 1.61 bits per heavy atom. The number of piperidine rings is 1. The van der Waals surface area contributed by atoms with Gasteiger partial charge in [-0.1, -0.05) is 45.4 Å². The molecule has 2 bridgehead atoms. The van der Waals surface area contributed by atoms with Gasteiger partial charge < -0.3 is 43.9 Å². The third-order valence-corrected chi connectivity index (χ3v) is 12.9. The van der Waals surface area contributed by atoms with Gasteiger partial charge in [-0.2, -0.15) is 0 Å². The summed E-state index contributed by atoms with van der Waals surface area (Å²) in [6.45, 7) is 11.5. The topological polar surface area (TPSA) is 185 Å². The van der Waals surface area contributed by atoms with Gasteiger partial charge in [0.05, 0.1) is 30.5 Å². The number of aliphatic hydroxyl groups excluding tert-OH is 2. The lowest BCUT2D eigenvalue weighted by molar-refractivity contribution is -0.287. The molecule has 1 unspecified atom stereocenters. The lowest BCUT2D eigenvalue weighted by Gasteiger charge is -2.48. The molecule has 318 valence electrons. The summed E-state index contributed by atoms with van der Waals surface area (Å²) >= 11 is 0. The van der Waals surface area contributed by atoms with Crippen LogP contribution in [0.2, 0.25) is 0 Å². The summed E-state index contributed by atoms with van der Waals surface area (Å²) in [5.41, 5.74) is 1.04. The van der Waals surface area contributed by atoms with Crippen molar-refractivity contribution in [3.05, 3.63) is 23.3 Å². The van der Waals surface area contributed by atoms with Gasteiger partial charge in [0.2, 0.25) is 5.79 Å². The zero-order valence-corrected chi connectivity index (χ0v) is 35.2. The number of carbonyl (C=O) groups is 3. The first-order valence-corrected chi connectivity index (χ1v) is 20.8. The summed E-state index contributed by atoms with van der Waals surface area (Å²) in [5.74, 6) is -5.61. The average Bonchev–Trinajstić information content (AvgIpc) is 3.18. The number of ether oxygens (including phenoxy) is 5. The highest BCUT2D eigenvalue weighted by Crippen LogP contribution is 2.39. The molecule has 2 saturated heterocycles. The first kappa shape index (κ1) is 46.2. The van der Waals surface area contributed by atoms with Gasteiger partial charge in [0, 0.05) is 52.0 Å². The molecule has 3 heterocycles. The molecule has 1 saturated carbocycles. The van der Waals surface area contributed by atoms with E-state index in [-0.39, 0.29) is 43.1 Å². The van der Waals surface area contributed by atoms with E-state index < -0.39 is 83.8 Å². The Kier molecular flexibility index (Phi) is 16.9. The molecule has 1 amide bonds. The smallest absolute Gasteiger partial charge is 0.329 e. The fraction of sp³-hybridized carbons (Fsp3) is 0.814. The van der Waals surface area contributed by atoms with E-state index in [4.69, 9.17) is 29.1 Å². The van der Waals surface area contributed by atoms with Crippen LogP contribution < -0.4 is 0 Å². The van der Waals surface area contributed by atoms with Crippen molar-refractivity contribution in [3.8, 4) is 0 Å². The summed E-state index contributed by atoms with van der Waals surface area (Å²) in [7, 11) is 4.70. The Bertz CT molecular complexity index is 1430. The van der Waals surface area contributed by atoms with Gasteiger partial charge in [-0.15, -0.1) is 0 Å². The molecule has 4 N–H and O–H groups in total. The molecule has 3 fully saturated rings. The van der Waals surface area contributed by atoms with E-state index in [0.717, 1.165) is 5.57 Å². The van der Waals surface area contributed by atoms with Crippen LogP contribution in [0.15, 0.2) is 23.3 Å². The molecule has 4 rings (SSSR count). The second-order valence-electron chi connectivity index (χ2n) is 17.2. The van der Waals surface area contributed by atoms with Gasteiger partial charge in [-0.3, -0.25) is 15.0 Å². The zero-order chi connectivity index (χ0) is 41.5. The standard InChI is InChI=1S/C43H70N2O11/c1-10-30-18-24(2)17-25(3)19-36(53-8)39-37(54-9)21-27(5)43(51,56-39)40(44)41(49)45-16-12-11-13-31(45)42(50)55-38(28(6)33(47)23-34(30)48)26(4)20-29-14-15-32(46)35(22-29)52-7/h18,20,25,27-33,35-39,44,46-47,51H,10-17,19,21-23H2,1-9H3/b24-18+,26-20+,44-40?/t25-,27+,28+,29?,30+,31-,32+,33-,35+,36-,37-,38+,39+,43+/m0/s1. The maximum atomic E-state index is 14.3. The highest BCUT2D eigenvalue weighted by atomic mass is 16.7. The van der Waals surface area contributed by atoms with Gasteiger partial charge in [0.1, 0.15) is 24.0 Å². The third-order valence-electron chi connectivity index (χ3n) is 12.9. The fourth-order valence-corrected chi connectivity index (χ4v) is 9.43. The molecule has 4 aliphatic rings. The highest BCUT2D eigenvalue weighted by Gasteiger charge is 2.54. The van der Waals surface area contributed by atoms with E-state index in [2.05, 4.69) is 6.92 Å². The number of aliphatic hydroxyl groups is 3. The van der Waals surface area contributed by atoms with E-state index in [1.165, 1.54) is 4.90 Å². The number of methoxy groups -OCH3 is 3. The maximum absolute atomic E-state index is 14.3. The Morgan fingerprint density at radius 1 is 0.946 bits per heavy atom. The summed E-state index contributed by atoms with van der Waals surface area (Å²) in [6, 6.07) is -1.05. The van der Waals surface area contributed by atoms with Gasteiger partial charge in [-0.05, 0) is 95.5 Å². The van der Waals surface area contributed by atoms with Crippen LogP contribution in [0.4, 0.5) is 0 Å². The minimum absolute atomic E-state index is 0.0174. The second kappa shape index (κ2) is 20.4. The monoisotopic (exact) mass is 790 g/mol. The van der Waals surface area contributed by atoms with E-state index >= 15 is 0 Å². The lowest BCUT2D eigenvalue weighted by Crippen LogP contribution is -2.64. The van der Waals surface area contributed by atoms with Crippen molar-refractivity contribution in [1.29, 1.82) is 5.41 Å². The van der Waals surface area contributed by atoms with Crippen molar-refractivity contribution in [3.63, 3.8) is 0 Å². The molecular weight excluding hydrogens is 720 g/mol. The minimum Gasteiger partial charge on any atom is -0.456 e. The van der Waals surface area contributed by atoms with Gasteiger partial charge in [0.15, 0.2) is 5.71 Å². The number of ketones is 1. The number of fused-ring (bicyclic) bond motifs is 3. The number of carbonyl (C=O) groups excluding carboxylic acids is 3. The van der Waals surface area contributed by atoms with Crippen LogP contribution in [0.3, 0.4) is 0 Å². The largest absolute Gasteiger partial charge is 0.456 e. The molecule has 0 aromatic carbocycles. The Morgan fingerprint density at radius 3 is 2.25 bits per heavy atom. The summed E-state index contributed by atoms with van der Waals surface area (Å²) < 4.78 is 30.0. The lowest BCUT2D eigenvalue weighted by atomic mass is 9.81. The number of nitrogens with zero attached hydrogens (tertiary/aromatic N) is 1. The first-order valence-electron chi connectivity index (χ1n) is 20.8. The molecule has 13 nitrogen and oxygen atoms in total. The van der Waals surface area contributed by atoms with Crippen LogP contribution >= 0.6 is 0 Å². The van der Waals surface area contributed by atoms with Crippen LogP contribution in [-0.2, 0) is 38.1 Å². The Labute approximate surface area is 334 Å². The normalized spacial score (nSPS) is 41.6. The van der Waals surface area contributed by atoms with Crippen LogP contribution in [0.5, 0.6) is 0 Å². The predicted octanol–water partition coefficient (Wildman–Crippen LogP) is 4.92. The number of allylic oxidation sites excluding steroid dienone is 3. The van der Waals surface area contributed by atoms with Crippen molar-refractivity contribution in [2.24, 2.45) is 29.6 Å². The number of esters is 1. The molecule has 0 spiro atoms.